The highest BCUT2D eigenvalue weighted by atomic mass is 16.5. The molecule has 132 valence electrons. The highest BCUT2D eigenvalue weighted by Crippen LogP contribution is 2.25. The van der Waals surface area contributed by atoms with E-state index in [0.29, 0.717) is 12.3 Å². The Labute approximate surface area is 148 Å². The van der Waals surface area contributed by atoms with Crippen molar-refractivity contribution in [3.05, 3.63) is 35.5 Å². The monoisotopic (exact) mass is 340 g/mol. The molecule has 0 aliphatic carbocycles. The molecule has 4 rings (SSSR count). The molecule has 3 aliphatic rings. The zero-order valence-electron chi connectivity index (χ0n) is 14.4. The molecule has 1 aromatic carbocycles. The maximum absolute atomic E-state index is 12.5. The number of amidine groups is 1. The van der Waals surface area contributed by atoms with Crippen LogP contribution in [0, 0.1) is 0 Å². The van der Waals surface area contributed by atoms with Gasteiger partial charge in [0, 0.05) is 19.6 Å². The summed E-state index contributed by atoms with van der Waals surface area (Å²) in [6.45, 7) is 2.24. The van der Waals surface area contributed by atoms with Crippen molar-refractivity contribution in [2.45, 2.75) is 44.6 Å². The number of carbonyl (C=O) groups excluding carboxylic acids is 1. The second-order valence-electron chi connectivity index (χ2n) is 6.84. The minimum Gasteiger partial charge on any atom is -0.491 e. The first-order valence-corrected chi connectivity index (χ1v) is 9.25. The van der Waals surface area contributed by atoms with Gasteiger partial charge in [-0.15, -0.1) is 0 Å². The molecule has 5 heteroatoms. The third-order valence-electron chi connectivity index (χ3n) is 4.95. The Balaban J connectivity index is 1.41. The molecule has 1 atom stereocenters. The SMILES string of the molecule is O=C1/C(=C\c2ccc(OCC3CCCO3)cc2)N=C2CCCCCN12. The molecule has 1 unspecified atom stereocenters. The summed E-state index contributed by atoms with van der Waals surface area (Å²) in [4.78, 5) is 18.9. The average Bonchev–Trinajstić information content (AvgIpc) is 3.17. The van der Waals surface area contributed by atoms with Crippen molar-refractivity contribution in [2.75, 3.05) is 19.8 Å². The van der Waals surface area contributed by atoms with Crippen molar-refractivity contribution < 1.29 is 14.3 Å². The molecule has 0 aromatic heterocycles. The van der Waals surface area contributed by atoms with Gasteiger partial charge in [0.1, 0.15) is 23.9 Å². The smallest absolute Gasteiger partial charge is 0.277 e. The number of aliphatic imine (C=N–C) groups is 1. The Morgan fingerprint density at radius 2 is 2.08 bits per heavy atom. The molecular weight excluding hydrogens is 316 g/mol. The number of amides is 1. The van der Waals surface area contributed by atoms with Crippen LogP contribution < -0.4 is 4.74 Å². The van der Waals surface area contributed by atoms with Crippen LogP contribution in [0.25, 0.3) is 6.08 Å². The van der Waals surface area contributed by atoms with E-state index in [0.717, 1.165) is 62.4 Å². The number of fused-ring (bicyclic) bond motifs is 1. The normalized spacial score (nSPS) is 25.0. The molecule has 5 nitrogen and oxygen atoms in total. The molecule has 3 heterocycles. The number of benzene rings is 1. The fourth-order valence-corrected chi connectivity index (χ4v) is 3.53. The lowest BCUT2D eigenvalue weighted by Crippen LogP contribution is -2.31. The lowest BCUT2D eigenvalue weighted by atomic mass is 10.2. The Morgan fingerprint density at radius 1 is 1.20 bits per heavy atom. The summed E-state index contributed by atoms with van der Waals surface area (Å²) >= 11 is 0. The first-order valence-electron chi connectivity index (χ1n) is 9.25. The zero-order chi connectivity index (χ0) is 17.1. The van der Waals surface area contributed by atoms with Crippen molar-refractivity contribution in [1.29, 1.82) is 0 Å². The van der Waals surface area contributed by atoms with E-state index in [2.05, 4.69) is 4.99 Å². The van der Waals surface area contributed by atoms with Crippen molar-refractivity contribution >= 4 is 17.8 Å². The lowest BCUT2D eigenvalue weighted by Gasteiger charge is -2.14. The van der Waals surface area contributed by atoms with E-state index in [9.17, 15) is 4.79 Å². The largest absolute Gasteiger partial charge is 0.491 e. The molecule has 0 spiro atoms. The minimum absolute atomic E-state index is 0.0376. The number of ether oxygens (including phenoxy) is 2. The Hall–Kier alpha value is -2.14. The third-order valence-corrected chi connectivity index (χ3v) is 4.95. The van der Waals surface area contributed by atoms with Crippen molar-refractivity contribution in [2.24, 2.45) is 4.99 Å². The van der Waals surface area contributed by atoms with E-state index in [-0.39, 0.29) is 12.0 Å². The fourth-order valence-electron chi connectivity index (χ4n) is 3.53. The molecule has 0 radical (unpaired) electrons. The highest BCUT2D eigenvalue weighted by Gasteiger charge is 2.30. The Morgan fingerprint density at radius 3 is 2.88 bits per heavy atom. The first kappa shape index (κ1) is 16.3. The second-order valence-corrected chi connectivity index (χ2v) is 6.84. The summed E-state index contributed by atoms with van der Waals surface area (Å²) < 4.78 is 11.3. The van der Waals surface area contributed by atoms with Gasteiger partial charge >= 0.3 is 0 Å². The van der Waals surface area contributed by atoms with Crippen LogP contribution in [0.1, 0.15) is 44.1 Å². The van der Waals surface area contributed by atoms with Crippen LogP contribution in [0.3, 0.4) is 0 Å². The molecule has 2 saturated heterocycles. The van der Waals surface area contributed by atoms with Gasteiger partial charge in [-0.25, -0.2) is 4.99 Å². The van der Waals surface area contributed by atoms with Crippen LogP contribution >= 0.6 is 0 Å². The van der Waals surface area contributed by atoms with Crippen LogP contribution in [0.5, 0.6) is 5.75 Å². The van der Waals surface area contributed by atoms with Crippen LogP contribution in [-0.2, 0) is 9.53 Å². The lowest BCUT2D eigenvalue weighted by molar-refractivity contribution is -0.122. The Bertz CT molecular complexity index is 687. The van der Waals surface area contributed by atoms with Crippen LogP contribution in [0.2, 0.25) is 0 Å². The zero-order valence-corrected chi connectivity index (χ0v) is 14.4. The number of rotatable bonds is 4. The Kier molecular flexibility index (Phi) is 4.83. The third kappa shape index (κ3) is 3.76. The summed E-state index contributed by atoms with van der Waals surface area (Å²) in [6, 6.07) is 7.81. The topological polar surface area (TPSA) is 51.1 Å². The molecular formula is C20H24N2O3. The predicted molar refractivity (Wildman–Crippen MR) is 96.5 cm³/mol. The summed E-state index contributed by atoms with van der Waals surface area (Å²) in [5.41, 5.74) is 1.51. The van der Waals surface area contributed by atoms with E-state index < -0.39 is 0 Å². The van der Waals surface area contributed by atoms with Gasteiger partial charge in [0.15, 0.2) is 0 Å². The van der Waals surface area contributed by atoms with Crippen molar-refractivity contribution in [3.63, 3.8) is 0 Å². The van der Waals surface area contributed by atoms with Gasteiger partial charge < -0.3 is 9.47 Å². The fraction of sp³-hybridized carbons (Fsp3) is 0.500. The molecule has 0 saturated carbocycles. The van der Waals surface area contributed by atoms with Crippen LogP contribution in [-0.4, -0.2) is 42.5 Å². The summed E-state index contributed by atoms with van der Waals surface area (Å²) in [5, 5.41) is 0. The molecule has 0 N–H and O–H groups in total. The van der Waals surface area contributed by atoms with Gasteiger partial charge in [-0.2, -0.15) is 0 Å². The van der Waals surface area contributed by atoms with Crippen molar-refractivity contribution in [1.82, 2.24) is 4.90 Å². The number of nitrogens with zero attached hydrogens (tertiary/aromatic N) is 2. The van der Waals surface area contributed by atoms with E-state index >= 15 is 0 Å². The maximum atomic E-state index is 12.5. The van der Waals surface area contributed by atoms with Crippen LogP contribution in [0.4, 0.5) is 0 Å². The molecule has 2 fully saturated rings. The van der Waals surface area contributed by atoms with Gasteiger partial charge in [0.2, 0.25) is 0 Å². The van der Waals surface area contributed by atoms with E-state index in [1.54, 1.807) is 0 Å². The second kappa shape index (κ2) is 7.40. The summed E-state index contributed by atoms with van der Waals surface area (Å²) in [5.74, 6) is 1.80. The van der Waals surface area contributed by atoms with E-state index in [1.807, 2.05) is 35.2 Å². The quantitative estimate of drug-likeness (QED) is 0.790. The molecule has 1 amide bonds. The molecule has 25 heavy (non-hydrogen) atoms. The number of carbonyl (C=O) groups is 1. The predicted octanol–water partition coefficient (Wildman–Crippen LogP) is 3.40. The average molecular weight is 340 g/mol. The molecule has 3 aliphatic heterocycles. The summed E-state index contributed by atoms with van der Waals surface area (Å²) in [6.07, 6.45) is 8.54. The minimum atomic E-state index is 0.0376. The van der Waals surface area contributed by atoms with Gasteiger partial charge in [0.25, 0.3) is 5.91 Å². The highest BCUT2D eigenvalue weighted by molar-refractivity contribution is 6.14. The van der Waals surface area contributed by atoms with Gasteiger partial charge in [-0.1, -0.05) is 18.6 Å². The number of hydrogen-bond acceptors (Lipinski definition) is 4. The van der Waals surface area contributed by atoms with Crippen molar-refractivity contribution in [3.8, 4) is 5.75 Å². The molecule has 0 bridgehead atoms. The molecule has 1 aromatic rings. The van der Waals surface area contributed by atoms with E-state index in [4.69, 9.17) is 9.47 Å². The number of hydrogen-bond donors (Lipinski definition) is 0. The van der Waals surface area contributed by atoms with Gasteiger partial charge in [0.05, 0.1) is 6.10 Å². The van der Waals surface area contributed by atoms with Gasteiger partial charge in [-0.05, 0) is 49.5 Å². The standard InChI is InChI=1S/C20H24N2O3/c23-20-18(21-19-6-2-1-3-11-22(19)20)13-15-7-9-16(10-8-15)25-14-17-5-4-12-24-17/h7-10,13,17H,1-6,11-12,14H2/b18-13+. The van der Waals surface area contributed by atoms with Gasteiger partial charge in [-0.3, -0.25) is 9.69 Å². The first-order chi connectivity index (χ1) is 12.3. The summed E-state index contributed by atoms with van der Waals surface area (Å²) in [7, 11) is 0. The van der Waals surface area contributed by atoms with E-state index in [1.165, 1.54) is 6.42 Å². The maximum Gasteiger partial charge on any atom is 0.277 e. The van der Waals surface area contributed by atoms with Crippen LogP contribution in [0.15, 0.2) is 35.0 Å².